The molecule has 2 rings (SSSR count). The quantitative estimate of drug-likeness (QED) is 0.716. The molecule has 1 aliphatic heterocycles. The summed E-state index contributed by atoms with van der Waals surface area (Å²) in [5, 5.41) is 18.3. The number of hydrogen-bond acceptors (Lipinski definition) is 3. The highest BCUT2D eigenvalue weighted by atomic mass is 16.4. The van der Waals surface area contributed by atoms with E-state index in [4.69, 9.17) is 5.11 Å². The Morgan fingerprint density at radius 1 is 1.47 bits per heavy atom. The third kappa shape index (κ3) is 1.80. The predicted octanol–water partition coefficient (Wildman–Crippen LogP) is 0.833. The summed E-state index contributed by atoms with van der Waals surface area (Å²) in [6.45, 7) is 0.570. The van der Waals surface area contributed by atoms with Gasteiger partial charge in [0.2, 0.25) is 0 Å². The molecule has 4 nitrogen and oxygen atoms in total. The number of nitrogens with zero attached hydrogens (tertiary/aromatic N) is 1. The van der Waals surface area contributed by atoms with Gasteiger partial charge in [0.25, 0.3) is 0 Å². The van der Waals surface area contributed by atoms with Crippen molar-refractivity contribution in [2.75, 3.05) is 7.05 Å². The molecule has 1 aromatic rings. The number of rotatable bonds is 1. The molecule has 0 saturated heterocycles. The molecule has 0 spiro atoms. The fourth-order valence-corrected chi connectivity index (χ4v) is 1.98. The Morgan fingerprint density at radius 2 is 2.20 bits per heavy atom. The summed E-state index contributed by atoms with van der Waals surface area (Å²) >= 11 is 0. The van der Waals surface area contributed by atoms with Crippen LogP contribution < -0.4 is 0 Å². The molecule has 0 saturated carbocycles. The second-order valence-electron chi connectivity index (χ2n) is 3.93. The van der Waals surface area contributed by atoms with Crippen LogP contribution in [0.15, 0.2) is 18.2 Å². The van der Waals surface area contributed by atoms with Crippen LogP contribution in [-0.4, -0.2) is 34.2 Å². The van der Waals surface area contributed by atoms with E-state index in [1.54, 1.807) is 30.1 Å². The number of carbonyl (C=O) groups is 1. The molecule has 1 atom stereocenters. The number of fused-ring (bicyclic) bond motifs is 1. The Hall–Kier alpha value is -1.55. The standard InChI is InChI=1S/C11H13NO3/c1-12-6-8-4-9(13)3-2-7(8)5-10(12)11(14)15/h2-4,10,13H,5-6H2,1H3,(H,14,15)/t10-/m0/s1. The molecule has 0 unspecified atom stereocenters. The molecule has 1 heterocycles. The van der Waals surface area contributed by atoms with Gasteiger partial charge in [0.1, 0.15) is 11.8 Å². The lowest BCUT2D eigenvalue weighted by atomic mass is 9.94. The number of phenols is 1. The van der Waals surface area contributed by atoms with Gasteiger partial charge in [-0.3, -0.25) is 9.69 Å². The third-order valence-electron chi connectivity index (χ3n) is 2.84. The fourth-order valence-electron chi connectivity index (χ4n) is 1.98. The van der Waals surface area contributed by atoms with E-state index in [2.05, 4.69) is 0 Å². The van der Waals surface area contributed by atoms with Gasteiger partial charge in [0.15, 0.2) is 0 Å². The van der Waals surface area contributed by atoms with Crippen molar-refractivity contribution >= 4 is 5.97 Å². The minimum Gasteiger partial charge on any atom is -0.508 e. The molecule has 80 valence electrons. The van der Waals surface area contributed by atoms with Crippen LogP contribution in [0.25, 0.3) is 0 Å². The molecule has 0 bridgehead atoms. The topological polar surface area (TPSA) is 60.8 Å². The number of likely N-dealkylation sites (N-methyl/N-ethyl adjacent to an activating group) is 1. The zero-order valence-corrected chi connectivity index (χ0v) is 8.47. The molecule has 1 aromatic carbocycles. The average molecular weight is 207 g/mol. The third-order valence-corrected chi connectivity index (χ3v) is 2.84. The number of benzene rings is 1. The van der Waals surface area contributed by atoms with Crippen molar-refractivity contribution in [3.8, 4) is 5.75 Å². The van der Waals surface area contributed by atoms with Gasteiger partial charge >= 0.3 is 5.97 Å². The second-order valence-corrected chi connectivity index (χ2v) is 3.93. The van der Waals surface area contributed by atoms with Crippen molar-refractivity contribution in [1.29, 1.82) is 0 Å². The molecule has 2 N–H and O–H groups in total. The van der Waals surface area contributed by atoms with E-state index in [0.29, 0.717) is 13.0 Å². The Labute approximate surface area is 87.8 Å². The lowest BCUT2D eigenvalue weighted by Crippen LogP contribution is -2.42. The summed E-state index contributed by atoms with van der Waals surface area (Å²) < 4.78 is 0. The SMILES string of the molecule is CN1Cc2cc(O)ccc2C[C@H]1C(=O)O. The first-order valence-corrected chi connectivity index (χ1v) is 4.82. The van der Waals surface area contributed by atoms with E-state index in [1.807, 2.05) is 0 Å². The molecule has 4 heteroatoms. The van der Waals surface area contributed by atoms with Crippen LogP contribution >= 0.6 is 0 Å². The largest absolute Gasteiger partial charge is 0.508 e. The Kier molecular flexibility index (Phi) is 2.36. The van der Waals surface area contributed by atoms with E-state index < -0.39 is 12.0 Å². The van der Waals surface area contributed by atoms with Crippen LogP contribution in [-0.2, 0) is 17.8 Å². The van der Waals surface area contributed by atoms with Gasteiger partial charge < -0.3 is 10.2 Å². The molecule has 0 aliphatic carbocycles. The van der Waals surface area contributed by atoms with Gasteiger partial charge in [0, 0.05) is 6.54 Å². The summed E-state index contributed by atoms with van der Waals surface area (Å²) in [4.78, 5) is 12.7. The zero-order valence-electron chi connectivity index (χ0n) is 8.47. The number of carboxylic acids is 1. The van der Waals surface area contributed by atoms with Crippen LogP contribution in [0.1, 0.15) is 11.1 Å². The first-order valence-electron chi connectivity index (χ1n) is 4.82. The number of aliphatic carboxylic acids is 1. The molecule has 1 aliphatic rings. The first-order chi connectivity index (χ1) is 7.08. The molecule has 0 radical (unpaired) electrons. The maximum Gasteiger partial charge on any atom is 0.321 e. The summed E-state index contributed by atoms with van der Waals surface area (Å²) in [6.07, 6.45) is 0.501. The van der Waals surface area contributed by atoms with Crippen LogP contribution in [0.3, 0.4) is 0 Å². The van der Waals surface area contributed by atoms with Gasteiger partial charge in [0.05, 0.1) is 0 Å². The van der Waals surface area contributed by atoms with Crippen molar-refractivity contribution in [3.63, 3.8) is 0 Å². The van der Waals surface area contributed by atoms with Gasteiger partial charge in [-0.05, 0) is 36.7 Å². The minimum atomic E-state index is -0.795. The van der Waals surface area contributed by atoms with E-state index in [0.717, 1.165) is 11.1 Å². The minimum absolute atomic E-state index is 0.232. The fraction of sp³-hybridized carbons (Fsp3) is 0.364. The summed E-state index contributed by atoms with van der Waals surface area (Å²) in [7, 11) is 1.78. The van der Waals surface area contributed by atoms with E-state index >= 15 is 0 Å². The van der Waals surface area contributed by atoms with Gasteiger partial charge in [-0.2, -0.15) is 0 Å². The monoisotopic (exact) mass is 207 g/mol. The Bertz CT molecular complexity index is 403. The molecule has 0 amide bonds. The summed E-state index contributed by atoms with van der Waals surface area (Å²) in [5.41, 5.74) is 2.02. The lowest BCUT2D eigenvalue weighted by molar-refractivity contribution is -0.143. The highest BCUT2D eigenvalue weighted by molar-refractivity contribution is 5.74. The summed E-state index contributed by atoms with van der Waals surface area (Å²) in [6, 6.07) is 4.64. The number of carboxylic acid groups (broad SMARTS) is 1. The normalized spacial score (nSPS) is 21.0. The highest BCUT2D eigenvalue weighted by Gasteiger charge is 2.28. The average Bonchev–Trinajstić information content (AvgIpc) is 2.15. The van der Waals surface area contributed by atoms with E-state index in [9.17, 15) is 9.90 Å². The van der Waals surface area contributed by atoms with E-state index in [1.165, 1.54) is 0 Å². The Balaban J connectivity index is 2.33. The number of hydrogen-bond donors (Lipinski definition) is 2. The van der Waals surface area contributed by atoms with Crippen molar-refractivity contribution in [2.45, 2.75) is 19.0 Å². The number of aromatic hydroxyl groups is 1. The van der Waals surface area contributed by atoms with Crippen molar-refractivity contribution in [2.24, 2.45) is 0 Å². The molecular weight excluding hydrogens is 194 g/mol. The van der Waals surface area contributed by atoms with Crippen LogP contribution in [0.5, 0.6) is 5.75 Å². The zero-order chi connectivity index (χ0) is 11.0. The maximum absolute atomic E-state index is 11.0. The number of phenolic OH excluding ortho intramolecular Hbond substituents is 1. The van der Waals surface area contributed by atoms with Crippen molar-refractivity contribution in [1.82, 2.24) is 4.90 Å². The van der Waals surface area contributed by atoms with Crippen LogP contribution in [0.4, 0.5) is 0 Å². The second kappa shape index (κ2) is 3.55. The van der Waals surface area contributed by atoms with E-state index in [-0.39, 0.29) is 5.75 Å². The van der Waals surface area contributed by atoms with Gasteiger partial charge in [-0.25, -0.2) is 0 Å². The van der Waals surface area contributed by atoms with Crippen molar-refractivity contribution < 1.29 is 15.0 Å². The highest BCUT2D eigenvalue weighted by Crippen LogP contribution is 2.25. The lowest BCUT2D eigenvalue weighted by Gasteiger charge is -2.31. The molecule has 15 heavy (non-hydrogen) atoms. The van der Waals surface area contributed by atoms with Crippen molar-refractivity contribution in [3.05, 3.63) is 29.3 Å². The smallest absolute Gasteiger partial charge is 0.321 e. The predicted molar refractivity (Wildman–Crippen MR) is 54.7 cm³/mol. The maximum atomic E-state index is 11.0. The van der Waals surface area contributed by atoms with Crippen LogP contribution in [0, 0.1) is 0 Å². The molecule has 0 aromatic heterocycles. The Morgan fingerprint density at radius 3 is 2.87 bits per heavy atom. The molecular formula is C11H13NO3. The first kappa shape index (κ1) is 9.98. The van der Waals surface area contributed by atoms with Gasteiger partial charge in [-0.15, -0.1) is 0 Å². The van der Waals surface area contributed by atoms with Gasteiger partial charge in [-0.1, -0.05) is 6.07 Å². The molecule has 0 fully saturated rings. The summed E-state index contributed by atoms with van der Waals surface area (Å²) in [5.74, 6) is -0.563. The van der Waals surface area contributed by atoms with Crippen LogP contribution in [0.2, 0.25) is 0 Å².